The first-order chi connectivity index (χ1) is 13.1. The highest BCUT2D eigenvalue weighted by molar-refractivity contribution is 9.10. The molecule has 27 heavy (non-hydrogen) atoms. The molecule has 0 saturated heterocycles. The van der Waals surface area contributed by atoms with Gasteiger partial charge in [-0.3, -0.25) is 9.69 Å². The standard InChI is InChI=1S/C23H23BrN2O/c1-15-5-10-20-19(13-15)18-3-2-4-21-23(18)26(20)12-11-25(21)14-22(27)16-6-8-17(24)9-7-16/h5-10,13,21H,2-4,11-12,14H2,1H3. The summed E-state index contributed by atoms with van der Waals surface area (Å²) < 4.78 is 3.53. The molecular weight excluding hydrogens is 400 g/mol. The third-order valence-corrected chi connectivity index (χ3v) is 6.68. The van der Waals surface area contributed by atoms with Crippen molar-refractivity contribution in [1.29, 1.82) is 0 Å². The predicted molar refractivity (Wildman–Crippen MR) is 112 cm³/mol. The first kappa shape index (κ1) is 17.2. The van der Waals surface area contributed by atoms with Crippen molar-refractivity contribution in [3.8, 4) is 0 Å². The number of benzene rings is 2. The number of carbonyl (C=O) groups excluding carboxylic acids is 1. The molecule has 1 atom stereocenters. The molecule has 0 spiro atoms. The number of carbonyl (C=O) groups is 1. The summed E-state index contributed by atoms with van der Waals surface area (Å²) in [5, 5.41) is 1.43. The number of ketones is 1. The van der Waals surface area contributed by atoms with Crippen LogP contribution in [0.5, 0.6) is 0 Å². The average Bonchev–Trinajstić information content (AvgIpc) is 2.99. The summed E-state index contributed by atoms with van der Waals surface area (Å²) in [7, 11) is 0. The molecule has 0 saturated carbocycles. The summed E-state index contributed by atoms with van der Waals surface area (Å²) in [6, 6.07) is 14.9. The molecule has 1 aliphatic heterocycles. The van der Waals surface area contributed by atoms with Crippen LogP contribution in [0.25, 0.3) is 10.9 Å². The lowest BCUT2D eigenvalue weighted by molar-refractivity contribution is 0.0833. The van der Waals surface area contributed by atoms with Gasteiger partial charge in [0, 0.05) is 39.7 Å². The van der Waals surface area contributed by atoms with E-state index in [-0.39, 0.29) is 5.78 Å². The number of aromatic nitrogens is 1. The average molecular weight is 423 g/mol. The molecule has 1 unspecified atom stereocenters. The molecule has 1 aliphatic carbocycles. The van der Waals surface area contributed by atoms with Gasteiger partial charge in [-0.15, -0.1) is 0 Å². The minimum Gasteiger partial charge on any atom is -0.342 e. The van der Waals surface area contributed by atoms with E-state index in [0.717, 1.165) is 36.0 Å². The summed E-state index contributed by atoms with van der Waals surface area (Å²) in [5.74, 6) is 0.218. The number of aryl methyl sites for hydroxylation is 2. The molecule has 5 rings (SSSR count). The highest BCUT2D eigenvalue weighted by Crippen LogP contribution is 2.42. The monoisotopic (exact) mass is 422 g/mol. The quantitative estimate of drug-likeness (QED) is 0.535. The van der Waals surface area contributed by atoms with Gasteiger partial charge in [0.2, 0.25) is 0 Å². The number of nitrogens with zero attached hydrogens (tertiary/aromatic N) is 2. The summed E-state index contributed by atoms with van der Waals surface area (Å²) >= 11 is 3.44. The van der Waals surface area contributed by atoms with Gasteiger partial charge in [0.25, 0.3) is 0 Å². The molecular formula is C23H23BrN2O. The van der Waals surface area contributed by atoms with Crippen molar-refractivity contribution in [3.63, 3.8) is 0 Å². The summed E-state index contributed by atoms with van der Waals surface area (Å²) in [4.78, 5) is 15.3. The van der Waals surface area contributed by atoms with Gasteiger partial charge < -0.3 is 4.57 Å². The fraction of sp³-hybridized carbons (Fsp3) is 0.348. The van der Waals surface area contributed by atoms with Crippen molar-refractivity contribution < 1.29 is 4.79 Å². The van der Waals surface area contributed by atoms with Crippen molar-refractivity contribution in [2.24, 2.45) is 0 Å². The number of Topliss-reactive ketones (excluding diaryl/α,β-unsaturated/α-hetero) is 1. The van der Waals surface area contributed by atoms with Gasteiger partial charge in [-0.05, 0) is 56.0 Å². The van der Waals surface area contributed by atoms with Crippen molar-refractivity contribution >= 4 is 32.6 Å². The van der Waals surface area contributed by atoms with Crippen molar-refractivity contribution in [2.75, 3.05) is 13.1 Å². The van der Waals surface area contributed by atoms with Crippen LogP contribution in [-0.4, -0.2) is 28.3 Å². The maximum atomic E-state index is 12.9. The predicted octanol–water partition coefficient (Wildman–Crippen LogP) is 5.29. The van der Waals surface area contributed by atoms with Gasteiger partial charge in [-0.25, -0.2) is 0 Å². The van der Waals surface area contributed by atoms with Gasteiger partial charge in [-0.2, -0.15) is 0 Å². The van der Waals surface area contributed by atoms with E-state index in [0.29, 0.717) is 12.6 Å². The lowest BCUT2D eigenvalue weighted by atomic mass is 9.89. The molecule has 2 aromatic carbocycles. The molecule has 0 N–H and O–H groups in total. The number of hydrogen-bond acceptors (Lipinski definition) is 2. The van der Waals surface area contributed by atoms with Crippen LogP contribution in [0.15, 0.2) is 46.9 Å². The molecule has 0 amide bonds. The van der Waals surface area contributed by atoms with Crippen molar-refractivity contribution in [2.45, 2.75) is 38.8 Å². The Morgan fingerprint density at radius 1 is 1.15 bits per heavy atom. The molecule has 3 aromatic rings. The maximum absolute atomic E-state index is 12.9. The molecule has 4 heteroatoms. The lowest BCUT2D eigenvalue weighted by Gasteiger charge is -2.39. The van der Waals surface area contributed by atoms with E-state index in [9.17, 15) is 4.79 Å². The van der Waals surface area contributed by atoms with E-state index in [4.69, 9.17) is 0 Å². The fourth-order valence-corrected chi connectivity index (χ4v) is 5.16. The summed E-state index contributed by atoms with van der Waals surface area (Å²) in [6.07, 6.45) is 3.51. The van der Waals surface area contributed by atoms with Crippen LogP contribution in [0.1, 0.15) is 46.1 Å². The topological polar surface area (TPSA) is 25.2 Å². The Morgan fingerprint density at radius 3 is 2.78 bits per heavy atom. The molecule has 2 aliphatic rings. The largest absolute Gasteiger partial charge is 0.342 e. The molecule has 0 fully saturated rings. The van der Waals surface area contributed by atoms with Gasteiger partial charge in [0.05, 0.1) is 12.6 Å². The second-order valence-corrected chi connectivity index (χ2v) is 8.76. The molecule has 3 nitrogen and oxygen atoms in total. The Labute approximate surface area is 168 Å². The van der Waals surface area contributed by atoms with Crippen LogP contribution < -0.4 is 0 Å². The van der Waals surface area contributed by atoms with E-state index in [1.807, 2.05) is 24.3 Å². The Balaban J connectivity index is 1.49. The van der Waals surface area contributed by atoms with E-state index in [1.165, 1.54) is 34.1 Å². The van der Waals surface area contributed by atoms with Crippen LogP contribution in [0.2, 0.25) is 0 Å². The van der Waals surface area contributed by atoms with E-state index in [1.54, 1.807) is 0 Å². The zero-order valence-electron chi connectivity index (χ0n) is 15.5. The van der Waals surface area contributed by atoms with Crippen LogP contribution in [0.4, 0.5) is 0 Å². The zero-order chi connectivity index (χ0) is 18.5. The van der Waals surface area contributed by atoms with Crippen LogP contribution in [-0.2, 0) is 13.0 Å². The smallest absolute Gasteiger partial charge is 0.176 e. The maximum Gasteiger partial charge on any atom is 0.176 e. The fourth-order valence-electron chi connectivity index (χ4n) is 4.89. The van der Waals surface area contributed by atoms with Crippen LogP contribution in [0.3, 0.4) is 0 Å². The summed E-state index contributed by atoms with van der Waals surface area (Å²) in [6.45, 7) is 4.59. The number of halogens is 1. The minimum absolute atomic E-state index is 0.218. The second-order valence-electron chi connectivity index (χ2n) is 7.84. The minimum atomic E-state index is 0.218. The van der Waals surface area contributed by atoms with E-state index in [2.05, 4.69) is 50.5 Å². The zero-order valence-corrected chi connectivity index (χ0v) is 17.1. The molecule has 0 radical (unpaired) electrons. The van der Waals surface area contributed by atoms with Crippen LogP contribution >= 0.6 is 15.9 Å². The van der Waals surface area contributed by atoms with Gasteiger partial charge in [0.1, 0.15) is 0 Å². The van der Waals surface area contributed by atoms with Crippen LogP contribution in [0, 0.1) is 6.92 Å². The second kappa shape index (κ2) is 6.61. The number of fused-ring (bicyclic) bond motifs is 3. The summed E-state index contributed by atoms with van der Waals surface area (Å²) in [5.41, 5.74) is 6.49. The molecule has 0 bridgehead atoms. The molecule has 1 aromatic heterocycles. The molecule has 2 heterocycles. The van der Waals surface area contributed by atoms with Gasteiger partial charge in [-0.1, -0.05) is 39.7 Å². The van der Waals surface area contributed by atoms with Crippen molar-refractivity contribution in [1.82, 2.24) is 9.47 Å². The third-order valence-electron chi connectivity index (χ3n) is 6.15. The van der Waals surface area contributed by atoms with E-state index >= 15 is 0 Å². The Bertz CT molecular complexity index is 1030. The van der Waals surface area contributed by atoms with Gasteiger partial charge >= 0.3 is 0 Å². The SMILES string of the molecule is Cc1ccc2c(c1)c1c3n2CCN(CC(=O)c2ccc(Br)cc2)C3CCC1. The number of rotatable bonds is 3. The first-order valence-electron chi connectivity index (χ1n) is 9.76. The number of hydrogen-bond donors (Lipinski definition) is 0. The lowest BCUT2D eigenvalue weighted by Crippen LogP contribution is -2.42. The Hall–Kier alpha value is -1.91. The third kappa shape index (κ3) is 2.86. The van der Waals surface area contributed by atoms with Crippen molar-refractivity contribution in [3.05, 3.63) is 69.3 Å². The normalized spacial score (nSPS) is 19.3. The highest BCUT2D eigenvalue weighted by Gasteiger charge is 2.35. The molecule has 138 valence electrons. The van der Waals surface area contributed by atoms with Gasteiger partial charge in [0.15, 0.2) is 5.78 Å². The Kier molecular flexibility index (Phi) is 4.21. The van der Waals surface area contributed by atoms with E-state index < -0.39 is 0 Å². The highest BCUT2D eigenvalue weighted by atomic mass is 79.9. The first-order valence-corrected chi connectivity index (χ1v) is 10.6. The Morgan fingerprint density at radius 2 is 1.96 bits per heavy atom.